The molecule has 0 saturated heterocycles. The highest BCUT2D eigenvalue weighted by molar-refractivity contribution is 5.95. The van der Waals surface area contributed by atoms with Crippen LogP contribution >= 0.6 is 0 Å². The standard InChI is InChI=1S/C22H19F2NO4/c1-2-28-22(27)16-11-25(14-8-9-14)19-15(20(16)26)10-17(23)18(24)21(19)29-12-13-6-4-3-5-7-13/h3-7,10-11,14H,2,8-9,12H2,1H3. The molecule has 4 rings (SSSR count). The van der Waals surface area contributed by atoms with Crippen LogP contribution in [-0.4, -0.2) is 17.1 Å². The van der Waals surface area contributed by atoms with Gasteiger partial charge in [0.25, 0.3) is 0 Å². The maximum atomic E-state index is 14.7. The van der Waals surface area contributed by atoms with Crippen LogP contribution in [0.1, 0.15) is 41.7 Å². The van der Waals surface area contributed by atoms with Crippen LogP contribution in [0, 0.1) is 11.6 Å². The van der Waals surface area contributed by atoms with Gasteiger partial charge in [-0.3, -0.25) is 4.79 Å². The summed E-state index contributed by atoms with van der Waals surface area (Å²) in [6.07, 6.45) is 2.97. The summed E-state index contributed by atoms with van der Waals surface area (Å²) in [5, 5.41) is -0.107. The fourth-order valence-corrected chi connectivity index (χ4v) is 3.29. The first-order valence-corrected chi connectivity index (χ1v) is 9.42. The number of halogens is 2. The highest BCUT2D eigenvalue weighted by Gasteiger charge is 2.30. The van der Waals surface area contributed by atoms with E-state index in [9.17, 15) is 18.4 Å². The van der Waals surface area contributed by atoms with Gasteiger partial charge in [-0.05, 0) is 31.4 Å². The van der Waals surface area contributed by atoms with Crippen molar-refractivity contribution in [3.8, 4) is 5.75 Å². The van der Waals surface area contributed by atoms with Gasteiger partial charge >= 0.3 is 5.97 Å². The molecule has 1 aliphatic rings. The fraction of sp³-hybridized carbons (Fsp3) is 0.273. The average molecular weight is 399 g/mol. The van der Waals surface area contributed by atoms with Crippen LogP contribution < -0.4 is 10.2 Å². The quantitative estimate of drug-likeness (QED) is 0.578. The Bertz CT molecular complexity index is 1140. The van der Waals surface area contributed by atoms with E-state index >= 15 is 0 Å². The van der Waals surface area contributed by atoms with Crippen LogP contribution in [0.4, 0.5) is 8.78 Å². The molecule has 1 fully saturated rings. The van der Waals surface area contributed by atoms with Crippen LogP contribution in [0.25, 0.3) is 10.9 Å². The van der Waals surface area contributed by atoms with Crippen molar-refractivity contribution < 1.29 is 23.0 Å². The van der Waals surface area contributed by atoms with Gasteiger partial charge in [-0.1, -0.05) is 30.3 Å². The zero-order valence-electron chi connectivity index (χ0n) is 15.8. The molecule has 150 valence electrons. The number of nitrogens with zero attached hydrogens (tertiary/aromatic N) is 1. The molecule has 2 aromatic carbocycles. The Labute approximate surface area is 165 Å². The second-order valence-electron chi connectivity index (χ2n) is 6.90. The predicted octanol–water partition coefficient (Wildman–Crippen LogP) is 4.37. The summed E-state index contributed by atoms with van der Waals surface area (Å²) in [6, 6.07) is 9.86. The van der Waals surface area contributed by atoms with Gasteiger partial charge in [-0.15, -0.1) is 0 Å². The topological polar surface area (TPSA) is 57.5 Å². The number of rotatable bonds is 6. The molecule has 29 heavy (non-hydrogen) atoms. The Morgan fingerprint density at radius 3 is 2.59 bits per heavy atom. The predicted molar refractivity (Wildman–Crippen MR) is 103 cm³/mol. The van der Waals surface area contributed by atoms with E-state index in [1.165, 1.54) is 6.20 Å². The molecule has 0 bridgehead atoms. The summed E-state index contributed by atoms with van der Waals surface area (Å²) in [7, 11) is 0. The Morgan fingerprint density at radius 2 is 1.93 bits per heavy atom. The minimum absolute atomic E-state index is 0.00873. The van der Waals surface area contributed by atoms with Crippen molar-refractivity contribution in [1.82, 2.24) is 4.57 Å². The van der Waals surface area contributed by atoms with Gasteiger partial charge in [0, 0.05) is 12.2 Å². The monoisotopic (exact) mass is 399 g/mol. The van der Waals surface area contributed by atoms with E-state index in [1.54, 1.807) is 23.6 Å². The first kappa shape index (κ1) is 19.1. The molecule has 5 nitrogen and oxygen atoms in total. The van der Waals surface area contributed by atoms with E-state index < -0.39 is 23.0 Å². The smallest absolute Gasteiger partial charge is 0.343 e. The zero-order chi connectivity index (χ0) is 20.5. The van der Waals surface area contributed by atoms with Gasteiger partial charge in [-0.25, -0.2) is 9.18 Å². The fourth-order valence-electron chi connectivity index (χ4n) is 3.29. The summed E-state index contributed by atoms with van der Waals surface area (Å²) in [6.45, 7) is 1.74. The molecule has 0 unspecified atom stereocenters. The largest absolute Gasteiger partial charge is 0.483 e. The lowest BCUT2D eigenvalue weighted by molar-refractivity contribution is 0.0524. The van der Waals surface area contributed by atoms with Gasteiger partial charge in [0.2, 0.25) is 11.2 Å². The Morgan fingerprint density at radius 1 is 1.21 bits per heavy atom. The first-order chi connectivity index (χ1) is 14.0. The molecule has 0 atom stereocenters. The number of benzene rings is 2. The van der Waals surface area contributed by atoms with Crippen molar-refractivity contribution in [3.05, 3.63) is 75.6 Å². The molecule has 0 radical (unpaired) electrons. The molecule has 1 saturated carbocycles. The molecule has 7 heteroatoms. The second kappa shape index (κ2) is 7.66. The molecular formula is C22H19F2NO4. The molecule has 0 aliphatic heterocycles. The highest BCUT2D eigenvalue weighted by atomic mass is 19.2. The molecule has 0 amide bonds. The van der Waals surface area contributed by atoms with Crippen molar-refractivity contribution in [2.75, 3.05) is 6.61 Å². The van der Waals surface area contributed by atoms with E-state index in [0.29, 0.717) is 0 Å². The summed E-state index contributed by atoms with van der Waals surface area (Å²) in [5.74, 6) is -3.49. The first-order valence-electron chi connectivity index (χ1n) is 9.42. The summed E-state index contributed by atoms with van der Waals surface area (Å²) < 4.78 is 41.3. The third kappa shape index (κ3) is 3.60. The average Bonchev–Trinajstić information content (AvgIpc) is 3.55. The van der Waals surface area contributed by atoms with Gasteiger partial charge in [0.05, 0.1) is 17.5 Å². The van der Waals surface area contributed by atoms with Gasteiger partial charge in [0.1, 0.15) is 12.2 Å². The van der Waals surface area contributed by atoms with E-state index in [-0.39, 0.29) is 41.5 Å². The number of hydrogen-bond donors (Lipinski definition) is 0. The molecule has 1 aliphatic carbocycles. The molecule has 0 N–H and O–H groups in total. The van der Waals surface area contributed by atoms with Crippen molar-refractivity contribution in [2.24, 2.45) is 0 Å². The Balaban J connectivity index is 1.90. The van der Waals surface area contributed by atoms with Gasteiger partial charge in [0.15, 0.2) is 11.6 Å². The van der Waals surface area contributed by atoms with E-state index in [4.69, 9.17) is 9.47 Å². The van der Waals surface area contributed by atoms with Crippen LogP contribution in [0.5, 0.6) is 5.75 Å². The molecule has 0 spiro atoms. The number of hydrogen-bond acceptors (Lipinski definition) is 4. The van der Waals surface area contributed by atoms with Crippen molar-refractivity contribution in [1.29, 1.82) is 0 Å². The van der Waals surface area contributed by atoms with Crippen molar-refractivity contribution in [2.45, 2.75) is 32.4 Å². The summed E-state index contributed by atoms with van der Waals surface area (Å²) >= 11 is 0. The number of esters is 1. The number of pyridine rings is 1. The third-order valence-electron chi connectivity index (χ3n) is 4.83. The van der Waals surface area contributed by atoms with Crippen LogP contribution in [-0.2, 0) is 11.3 Å². The maximum absolute atomic E-state index is 14.7. The second-order valence-corrected chi connectivity index (χ2v) is 6.90. The van der Waals surface area contributed by atoms with Gasteiger partial charge < -0.3 is 14.0 Å². The number of ether oxygens (including phenoxy) is 2. The maximum Gasteiger partial charge on any atom is 0.343 e. The molecule has 1 aromatic heterocycles. The minimum Gasteiger partial charge on any atom is -0.483 e. The normalized spacial score (nSPS) is 13.5. The summed E-state index contributed by atoms with van der Waals surface area (Å²) in [5.41, 5.74) is 0.0123. The lowest BCUT2D eigenvalue weighted by atomic mass is 10.1. The Kier molecular flexibility index (Phi) is 5.05. The van der Waals surface area contributed by atoms with Crippen molar-refractivity contribution in [3.63, 3.8) is 0 Å². The highest BCUT2D eigenvalue weighted by Crippen LogP contribution is 2.40. The SMILES string of the molecule is CCOC(=O)c1cn(C2CC2)c2c(OCc3ccccc3)c(F)c(F)cc2c1=O. The van der Waals surface area contributed by atoms with Crippen LogP contribution in [0.2, 0.25) is 0 Å². The van der Waals surface area contributed by atoms with E-state index in [1.807, 2.05) is 18.2 Å². The molecule has 3 aromatic rings. The lowest BCUT2D eigenvalue weighted by Crippen LogP contribution is -2.21. The molecular weight excluding hydrogens is 380 g/mol. The Hall–Kier alpha value is -3.22. The van der Waals surface area contributed by atoms with E-state index in [2.05, 4.69) is 0 Å². The third-order valence-corrected chi connectivity index (χ3v) is 4.83. The zero-order valence-corrected chi connectivity index (χ0v) is 15.8. The summed E-state index contributed by atoms with van der Waals surface area (Å²) in [4.78, 5) is 25.1. The minimum atomic E-state index is -1.21. The van der Waals surface area contributed by atoms with Crippen LogP contribution in [0.3, 0.4) is 0 Å². The number of carbonyl (C=O) groups is 1. The van der Waals surface area contributed by atoms with Crippen LogP contribution in [0.15, 0.2) is 47.4 Å². The number of carbonyl (C=O) groups excluding carboxylic acids is 1. The lowest BCUT2D eigenvalue weighted by Gasteiger charge is -2.17. The molecule has 1 heterocycles. The van der Waals surface area contributed by atoms with E-state index in [0.717, 1.165) is 24.5 Å². The van der Waals surface area contributed by atoms with Crippen molar-refractivity contribution >= 4 is 16.9 Å². The van der Waals surface area contributed by atoms with Gasteiger partial charge in [-0.2, -0.15) is 4.39 Å². The number of fused-ring (bicyclic) bond motifs is 1. The number of aromatic nitrogens is 1.